The summed E-state index contributed by atoms with van der Waals surface area (Å²) < 4.78 is 0. The number of primary amides is 1. The number of carbonyl (C=O) groups excluding carboxylic acids is 1. The third-order valence-corrected chi connectivity index (χ3v) is 1.43. The van der Waals surface area contributed by atoms with Crippen LogP contribution in [0.1, 0.15) is 19.8 Å². The van der Waals surface area contributed by atoms with Gasteiger partial charge in [0.15, 0.2) is 0 Å². The number of hydrogen-bond donors (Lipinski definition) is 2. The molecule has 4 nitrogen and oxygen atoms in total. The zero-order chi connectivity index (χ0) is 9.40. The van der Waals surface area contributed by atoms with Crippen LogP contribution < -0.4 is 5.73 Å². The Labute approximate surface area is 72.7 Å². The topological polar surface area (TPSA) is 66.6 Å². The Morgan fingerprint density at radius 1 is 1.67 bits per heavy atom. The largest absolute Gasteiger partial charge is 0.392 e. The van der Waals surface area contributed by atoms with E-state index in [1.807, 2.05) is 6.92 Å². The first-order valence-corrected chi connectivity index (χ1v) is 4.06. The van der Waals surface area contributed by atoms with Gasteiger partial charge in [0.2, 0.25) is 0 Å². The summed E-state index contributed by atoms with van der Waals surface area (Å²) >= 11 is 0. The molecule has 0 aromatic heterocycles. The Balaban J connectivity index is 3.86. The smallest absolute Gasteiger partial charge is 0.318 e. The van der Waals surface area contributed by atoms with E-state index in [0.717, 1.165) is 12.8 Å². The minimum Gasteiger partial charge on any atom is -0.392 e. The molecular weight excluding hydrogens is 156 g/mol. The van der Waals surface area contributed by atoms with E-state index in [1.165, 1.54) is 17.2 Å². The van der Waals surface area contributed by atoms with Crippen LogP contribution in [0.25, 0.3) is 0 Å². The van der Waals surface area contributed by atoms with Gasteiger partial charge in [-0.05, 0) is 12.5 Å². The minimum absolute atomic E-state index is 0.0735. The summed E-state index contributed by atoms with van der Waals surface area (Å²) in [5.41, 5.74) is 5.07. The van der Waals surface area contributed by atoms with Gasteiger partial charge in [-0.2, -0.15) is 0 Å². The highest BCUT2D eigenvalue weighted by molar-refractivity contribution is 5.73. The zero-order valence-electron chi connectivity index (χ0n) is 7.36. The summed E-state index contributed by atoms with van der Waals surface area (Å²) in [6.07, 6.45) is 4.92. The van der Waals surface area contributed by atoms with Crippen LogP contribution in [0.4, 0.5) is 4.79 Å². The number of hydrogen-bond acceptors (Lipinski definition) is 2. The van der Waals surface area contributed by atoms with Gasteiger partial charge in [0.25, 0.3) is 0 Å². The molecular formula is C8H16N2O2. The number of carbonyl (C=O) groups is 1. The standard InChI is InChI=1S/C8H16N2O2/c1-2-3-5-10(8(9)12)6-4-7-11/h4,6,11H,2-3,5,7H2,1H3,(H2,9,12). The van der Waals surface area contributed by atoms with Crippen molar-refractivity contribution in [1.29, 1.82) is 0 Å². The van der Waals surface area contributed by atoms with Crippen molar-refractivity contribution in [2.45, 2.75) is 19.8 Å². The molecule has 0 aromatic rings. The molecule has 0 fully saturated rings. The molecule has 0 saturated heterocycles. The lowest BCUT2D eigenvalue weighted by Gasteiger charge is -2.14. The Kier molecular flexibility index (Phi) is 6.09. The summed E-state index contributed by atoms with van der Waals surface area (Å²) in [7, 11) is 0. The average molecular weight is 172 g/mol. The molecule has 0 aromatic carbocycles. The van der Waals surface area contributed by atoms with Crippen molar-refractivity contribution in [3.8, 4) is 0 Å². The molecule has 0 unspecified atom stereocenters. The van der Waals surface area contributed by atoms with Crippen molar-refractivity contribution < 1.29 is 9.90 Å². The van der Waals surface area contributed by atoms with Crippen LogP contribution in [0, 0.1) is 0 Å². The number of nitrogens with zero attached hydrogens (tertiary/aromatic N) is 1. The maximum atomic E-state index is 10.7. The number of aliphatic hydroxyl groups is 1. The molecule has 0 aliphatic carbocycles. The predicted octanol–water partition coefficient (Wildman–Crippen LogP) is 0.673. The number of amides is 2. The first-order chi connectivity index (χ1) is 5.72. The van der Waals surface area contributed by atoms with E-state index in [4.69, 9.17) is 10.8 Å². The van der Waals surface area contributed by atoms with Gasteiger partial charge in [0, 0.05) is 12.7 Å². The maximum absolute atomic E-state index is 10.7. The first-order valence-electron chi connectivity index (χ1n) is 4.06. The van der Waals surface area contributed by atoms with E-state index >= 15 is 0 Å². The molecule has 0 radical (unpaired) electrons. The zero-order valence-corrected chi connectivity index (χ0v) is 7.36. The van der Waals surface area contributed by atoms with Gasteiger partial charge >= 0.3 is 6.03 Å². The van der Waals surface area contributed by atoms with Gasteiger partial charge in [0.05, 0.1) is 6.61 Å². The summed E-state index contributed by atoms with van der Waals surface area (Å²) in [5, 5.41) is 8.46. The lowest BCUT2D eigenvalue weighted by atomic mass is 10.3. The predicted molar refractivity (Wildman–Crippen MR) is 47.4 cm³/mol. The Bertz CT molecular complexity index is 157. The van der Waals surface area contributed by atoms with Crippen LogP contribution in [-0.2, 0) is 0 Å². The molecule has 0 rings (SSSR count). The molecule has 0 heterocycles. The molecule has 3 N–H and O–H groups in total. The number of aliphatic hydroxyl groups excluding tert-OH is 1. The normalized spacial score (nSPS) is 10.5. The molecule has 4 heteroatoms. The van der Waals surface area contributed by atoms with Crippen molar-refractivity contribution in [2.75, 3.05) is 13.2 Å². The van der Waals surface area contributed by atoms with Gasteiger partial charge < -0.3 is 15.7 Å². The molecule has 12 heavy (non-hydrogen) atoms. The van der Waals surface area contributed by atoms with Gasteiger partial charge in [-0.1, -0.05) is 13.3 Å². The molecule has 0 spiro atoms. The van der Waals surface area contributed by atoms with Crippen LogP contribution in [0.5, 0.6) is 0 Å². The van der Waals surface area contributed by atoms with Gasteiger partial charge in [0.1, 0.15) is 0 Å². The van der Waals surface area contributed by atoms with Crippen LogP contribution in [0.2, 0.25) is 0 Å². The quantitative estimate of drug-likeness (QED) is 0.640. The van der Waals surface area contributed by atoms with E-state index in [0.29, 0.717) is 6.54 Å². The molecule has 0 saturated carbocycles. The van der Waals surface area contributed by atoms with Crippen molar-refractivity contribution in [1.82, 2.24) is 4.90 Å². The second-order valence-corrected chi connectivity index (χ2v) is 2.45. The summed E-state index contributed by atoms with van der Waals surface area (Å²) in [6.45, 7) is 2.58. The molecule has 70 valence electrons. The molecule has 0 aliphatic heterocycles. The highest BCUT2D eigenvalue weighted by Crippen LogP contribution is 1.95. The third kappa shape index (κ3) is 4.73. The first kappa shape index (κ1) is 11.0. The fourth-order valence-corrected chi connectivity index (χ4v) is 0.761. The van der Waals surface area contributed by atoms with Crippen LogP contribution in [0.3, 0.4) is 0 Å². The fraction of sp³-hybridized carbons (Fsp3) is 0.625. The van der Waals surface area contributed by atoms with Crippen molar-refractivity contribution >= 4 is 6.03 Å². The molecule has 0 atom stereocenters. The van der Waals surface area contributed by atoms with Crippen molar-refractivity contribution in [3.05, 3.63) is 12.3 Å². The molecule has 0 aliphatic rings. The minimum atomic E-state index is -0.479. The lowest BCUT2D eigenvalue weighted by molar-refractivity contribution is 0.223. The Morgan fingerprint density at radius 3 is 2.75 bits per heavy atom. The van der Waals surface area contributed by atoms with Gasteiger partial charge in [-0.25, -0.2) is 4.79 Å². The van der Waals surface area contributed by atoms with E-state index in [9.17, 15) is 4.79 Å². The monoisotopic (exact) mass is 172 g/mol. The summed E-state index contributed by atoms with van der Waals surface area (Å²) in [6, 6.07) is -0.479. The maximum Gasteiger partial charge on any atom is 0.318 e. The number of urea groups is 1. The summed E-state index contributed by atoms with van der Waals surface area (Å²) in [4.78, 5) is 12.1. The molecule has 0 bridgehead atoms. The number of nitrogens with two attached hydrogens (primary N) is 1. The van der Waals surface area contributed by atoms with E-state index in [1.54, 1.807) is 0 Å². The van der Waals surface area contributed by atoms with E-state index in [2.05, 4.69) is 0 Å². The van der Waals surface area contributed by atoms with Crippen molar-refractivity contribution in [3.63, 3.8) is 0 Å². The third-order valence-electron chi connectivity index (χ3n) is 1.43. The number of unbranched alkanes of at least 4 members (excludes halogenated alkanes) is 1. The Morgan fingerprint density at radius 2 is 2.33 bits per heavy atom. The highest BCUT2D eigenvalue weighted by Gasteiger charge is 2.03. The van der Waals surface area contributed by atoms with Crippen molar-refractivity contribution in [2.24, 2.45) is 5.73 Å². The highest BCUT2D eigenvalue weighted by atomic mass is 16.2. The van der Waals surface area contributed by atoms with E-state index in [-0.39, 0.29) is 6.61 Å². The van der Waals surface area contributed by atoms with Gasteiger partial charge in [-0.15, -0.1) is 0 Å². The molecule has 2 amide bonds. The SMILES string of the molecule is CCCCN(C=CCO)C(N)=O. The van der Waals surface area contributed by atoms with Crippen LogP contribution in [0.15, 0.2) is 12.3 Å². The summed E-state index contributed by atoms with van der Waals surface area (Å²) in [5.74, 6) is 0. The lowest BCUT2D eigenvalue weighted by Crippen LogP contribution is -2.31. The van der Waals surface area contributed by atoms with E-state index < -0.39 is 6.03 Å². The fourth-order valence-electron chi connectivity index (χ4n) is 0.761. The van der Waals surface area contributed by atoms with Crippen LogP contribution in [-0.4, -0.2) is 29.2 Å². The number of rotatable bonds is 5. The second kappa shape index (κ2) is 6.67. The average Bonchev–Trinajstić information content (AvgIpc) is 2.04. The van der Waals surface area contributed by atoms with Gasteiger partial charge in [-0.3, -0.25) is 0 Å². The Hall–Kier alpha value is -1.03. The van der Waals surface area contributed by atoms with Crippen LogP contribution >= 0.6 is 0 Å². The second-order valence-electron chi connectivity index (χ2n) is 2.45.